The molecule has 43 heavy (non-hydrogen) atoms. The maximum atomic E-state index is 14.8. The Morgan fingerprint density at radius 2 is 1.93 bits per heavy atom. The highest BCUT2D eigenvalue weighted by Crippen LogP contribution is 2.34. The summed E-state index contributed by atoms with van der Waals surface area (Å²) in [6, 6.07) is 1.65. The first kappa shape index (κ1) is 30.7. The summed E-state index contributed by atoms with van der Waals surface area (Å²) >= 11 is 0. The number of likely N-dealkylation sites (tertiary alicyclic amines) is 1. The molecule has 0 saturated carbocycles. The Bertz CT molecular complexity index is 1640. The molecule has 0 aromatic carbocycles. The van der Waals surface area contributed by atoms with Crippen LogP contribution in [-0.4, -0.2) is 106 Å². The zero-order valence-electron chi connectivity index (χ0n) is 22.5. The highest BCUT2D eigenvalue weighted by molar-refractivity contribution is 7.89. The number of nitrogens with one attached hydrogen (secondary N) is 1. The fourth-order valence-corrected chi connectivity index (χ4v) is 6.57. The number of rotatable bonds is 9. The number of halogens is 6. The third-order valence-corrected chi connectivity index (χ3v) is 8.92. The average molecular weight is 637 g/mol. The second-order valence-electron chi connectivity index (χ2n) is 10.3. The lowest BCUT2D eigenvalue weighted by molar-refractivity contribution is -0.133. The van der Waals surface area contributed by atoms with Gasteiger partial charge < -0.3 is 15.8 Å². The first-order valence-corrected chi connectivity index (χ1v) is 14.4. The minimum atomic E-state index is -4.71. The van der Waals surface area contributed by atoms with E-state index in [1.165, 1.54) is 35.1 Å². The Hall–Kier alpha value is -3.71. The van der Waals surface area contributed by atoms with Gasteiger partial charge in [0.1, 0.15) is 23.6 Å². The van der Waals surface area contributed by atoms with Gasteiger partial charge in [-0.2, -0.15) is 22.6 Å². The molecular weight excluding hydrogens is 610 g/mol. The van der Waals surface area contributed by atoms with Crippen LogP contribution in [0.3, 0.4) is 0 Å². The van der Waals surface area contributed by atoms with E-state index < -0.39 is 78.6 Å². The van der Waals surface area contributed by atoms with E-state index in [0.29, 0.717) is 26.6 Å². The number of hydrogen-bond donors (Lipinski definition) is 2. The molecule has 3 N–H and O–H groups in total. The summed E-state index contributed by atoms with van der Waals surface area (Å²) < 4.78 is 111. The van der Waals surface area contributed by atoms with Crippen LogP contribution in [0.4, 0.5) is 32.2 Å². The van der Waals surface area contributed by atoms with Gasteiger partial charge in [0, 0.05) is 31.4 Å². The predicted octanol–water partition coefficient (Wildman–Crippen LogP) is 1.87. The van der Waals surface area contributed by atoms with Crippen molar-refractivity contribution in [2.24, 2.45) is 0 Å². The highest BCUT2D eigenvalue weighted by Gasteiger charge is 2.44. The number of aromatic nitrogens is 4. The molecule has 12 nitrogen and oxygen atoms in total. The number of pyridine rings is 1. The van der Waals surface area contributed by atoms with Crippen molar-refractivity contribution in [3.63, 3.8) is 0 Å². The summed E-state index contributed by atoms with van der Waals surface area (Å²) in [7, 11) is -3.20. The molecule has 2 fully saturated rings. The third-order valence-electron chi connectivity index (χ3n) is 7.12. The minimum absolute atomic E-state index is 0.0907. The van der Waals surface area contributed by atoms with E-state index in [1.807, 2.05) is 0 Å². The lowest BCUT2D eigenvalue weighted by Gasteiger charge is -2.38. The molecule has 0 radical (unpaired) electrons. The van der Waals surface area contributed by atoms with Crippen molar-refractivity contribution in [1.82, 2.24) is 34.1 Å². The van der Waals surface area contributed by atoms with Crippen LogP contribution in [-0.2, 0) is 16.6 Å². The summed E-state index contributed by atoms with van der Waals surface area (Å²) in [6.45, 7) is -2.03. The average Bonchev–Trinajstić information content (AvgIpc) is 3.47. The molecule has 3 aromatic rings. The van der Waals surface area contributed by atoms with E-state index >= 15 is 0 Å². The first-order chi connectivity index (χ1) is 20.1. The van der Waals surface area contributed by atoms with Gasteiger partial charge in [0.05, 0.1) is 44.1 Å². The number of amides is 1. The van der Waals surface area contributed by atoms with Crippen molar-refractivity contribution in [3.05, 3.63) is 35.8 Å². The van der Waals surface area contributed by atoms with E-state index in [4.69, 9.17) is 10.5 Å². The van der Waals surface area contributed by atoms with Crippen molar-refractivity contribution in [1.29, 1.82) is 0 Å². The van der Waals surface area contributed by atoms with Gasteiger partial charge in [0.2, 0.25) is 15.9 Å². The van der Waals surface area contributed by atoms with Crippen molar-refractivity contribution < 1.29 is 44.3 Å². The smallest absolute Gasteiger partial charge is 0.390 e. The number of anilines is 1. The summed E-state index contributed by atoms with van der Waals surface area (Å²) in [4.78, 5) is 22.9. The number of alkyl halides is 6. The number of methoxy groups -OCH3 is 1. The van der Waals surface area contributed by atoms with E-state index in [9.17, 15) is 39.6 Å². The molecule has 3 aromatic heterocycles. The number of carbonyl (C=O) groups excluding carboxylic acids is 1. The number of nitrogen functional groups attached to an aromatic ring is 1. The van der Waals surface area contributed by atoms with Crippen LogP contribution in [0.5, 0.6) is 5.88 Å². The normalized spacial score (nSPS) is 21.2. The number of nitrogens with zero attached hydrogens (tertiary/aromatic N) is 6. The molecule has 1 amide bonds. The standard InChI is InChI=1S/C24H26F6N8O4S/c1-42-22-15(21(39)35-17-9-37(8-16(17)25)43(40,41)3-2-24(28,29)30)4-13(6-32-22)18-5-14(7-36-10-23(26,27)11-36)19-20(31)33-12-34-38(18)19/h4-6,12,16-17H,2-3,7-11H2,1H3,(H,35,39)(H2,31,33,34)/t16-,17+/m0/s1. The molecule has 0 spiro atoms. The Labute approximate surface area is 240 Å². The molecule has 5 heterocycles. The largest absolute Gasteiger partial charge is 0.480 e. The Kier molecular flexibility index (Phi) is 7.93. The van der Waals surface area contributed by atoms with Gasteiger partial charge in [-0.15, -0.1) is 0 Å². The Morgan fingerprint density at radius 1 is 1.21 bits per heavy atom. The maximum absolute atomic E-state index is 14.8. The second-order valence-corrected chi connectivity index (χ2v) is 12.4. The zero-order chi connectivity index (χ0) is 31.3. The Balaban J connectivity index is 1.39. The van der Waals surface area contributed by atoms with E-state index in [-0.39, 0.29) is 23.8 Å². The van der Waals surface area contributed by atoms with Crippen LogP contribution in [0.15, 0.2) is 24.7 Å². The molecule has 0 unspecified atom stereocenters. The van der Waals surface area contributed by atoms with Crippen LogP contribution >= 0.6 is 0 Å². The fourth-order valence-electron chi connectivity index (χ4n) is 5.06. The van der Waals surface area contributed by atoms with E-state index in [0.717, 1.165) is 0 Å². The van der Waals surface area contributed by atoms with Crippen molar-refractivity contribution >= 4 is 27.3 Å². The van der Waals surface area contributed by atoms with Crippen LogP contribution in [0.2, 0.25) is 0 Å². The molecule has 19 heteroatoms. The van der Waals surface area contributed by atoms with Crippen LogP contribution < -0.4 is 15.8 Å². The van der Waals surface area contributed by atoms with Gasteiger partial charge in [-0.1, -0.05) is 0 Å². The summed E-state index contributed by atoms with van der Waals surface area (Å²) in [5, 5.41) is 6.59. The highest BCUT2D eigenvalue weighted by atomic mass is 32.2. The molecule has 2 aliphatic rings. The molecule has 2 saturated heterocycles. The van der Waals surface area contributed by atoms with Gasteiger partial charge in [-0.05, 0) is 17.7 Å². The number of fused-ring (bicyclic) bond motifs is 1. The number of ether oxygens (including phenoxy) is 1. The molecule has 0 bridgehead atoms. The van der Waals surface area contributed by atoms with E-state index in [1.54, 1.807) is 6.07 Å². The maximum Gasteiger partial charge on any atom is 0.390 e. The SMILES string of the molecule is COc1ncc(-c2cc(CN3CC(F)(F)C3)c3c(N)ncnn23)cc1C(=O)N[C@@H]1CN(S(=O)(=O)CCC(F)(F)F)C[C@@H]1F. The topological polar surface area (TPSA) is 148 Å². The summed E-state index contributed by atoms with van der Waals surface area (Å²) in [5.41, 5.74) is 7.52. The second kappa shape index (κ2) is 11.1. The molecule has 2 aliphatic heterocycles. The van der Waals surface area contributed by atoms with Crippen LogP contribution in [0.25, 0.3) is 16.8 Å². The van der Waals surface area contributed by atoms with Crippen molar-refractivity contribution in [2.75, 3.05) is 44.8 Å². The first-order valence-electron chi connectivity index (χ1n) is 12.8. The molecule has 5 rings (SSSR count). The zero-order valence-corrected chi connectivity index (χ0v) is 23.3. The monoisotopic (exact) mass is 636 g/mol. The van der Waals surface area contributed by atoms with Crippen molar-refractivity contribution in [2.45, 2.75) is 37.3 Å². The van der Waals surface area contributed by atoms with Crippen molar-refractivity contribution in [3.8, 4) is 17.1 Å². The lowest BCUT2D eigenvalue weighted by atomic mass is 10.1. The van der Waals surface area contributed by atoms with Crippen LogP contribution in [0.1, 0.15) is 22.3 Å². The number of nitrogens with two attached hydrogens (primary N) is 1. The molecule has 0 aliphatic carbocycles. The lowest BCUT2D eigenvalue weighted by Crippen LogP contribution is -2.55. The molecule has 2 atom stereocenters. The quantitative estimate of drug-likeness (QED) is 0.336. The number of carbonyl (C=O) groups is 1. The summed E-state index contributed by atoms with van der Waals surface area (Å²) in [6.07, 6.45) is -5.64. The van der Waals surface area contributed by atoms with Gasteiger partial charge in [-0.25, -0.2) is 36.1 Å². The number of hydrogen-bond acceptors (Lipinski definition) is 9. The molecule has 234 valence electrons. The van der Waals surface area contributed by atoms with E-state index in [2.05, 4.69) is 20.4 Å². The molecular formula is C24H26F6N8O4S. The van der Waals surface area contributed by atoms with Gasteiger partial charge >= 0.3 is 6.18 Å². The third kappa shape index (κ3) is 6.47. The minimum Gasteiger partial charge on any atom is -0.480 e. The van der Waals surface area contributed by atoms with Crippen LogP contribution in [0, 0.1) is 0 Å². The van der Waals surface area contributed by atoms with Gasteiger partial charge in [0.15, 0.2) is 5.82 Å². The summed E-state index contributed by atoms with van der Waals surface area (Å²) in [5.74, 6) is -4.97. The number of sulfonamides is 1. The predicted molar refractivity (Wildman–Crippen MR) is 140 cm³/mol. The van der Waals surface area contributed by atoms with Gasteiger partial charge in [0.25, 0.3) is 11.8 Å². The van der Waals surface area contributed by atoms with Gasteiger partial charge in [-0.3, -0.25) is 9.69 Å². The fraction of sp³-hybridized carbons (Fsp3) is 0.500. The Morgan fingerprint density at radius 3 is 2.58 bits per heavy atom.